The van der Waals surface area contributed by atoms with Crippen LogP contribution in [0, 0.1) is 5.92 Å². The summed E-state index contributed by atoms with van der Waals surface area (Å²) >= 11 is 11.3. The SMILES string of the molecule is CCc1cc(OCC=C(Cl)Cl)cc(CC)c1OCCCCCONC(C)=CC(C)C. The van der Waals surface area contributed by atoms with Gasteiger partial charge in [-0.25, -0.2) is 0 Å². The van der Waals surface area contributed by atoms with Crippen molar-refractivity contribution in [2.45, 2.75) is 66.7 Å². The first-order valence-electron chi connectivity index (χ1n) is 10.9. The number of benzene rings is 1. The van der Waals surface area contributed by atoms with Crippen molar-refractivity contribution in [2.75, 3.05) is 19.8 Å². The molecule has 0 aliphatic heterocycles. The first-order valence-corrected chi connectivity index (χ1v) is 11.6. The van der Waals surface area contributed by atoms with Gasteiger partial charge >= 0.3 is 0 Å². The summed E-state index contributed by atoms with van der Waals surface area (Å²) in [4.78, 5) is 5.50. The van der Waals surface area contributed by atoms with Crippen LogP contribution in [0.3, 0.4) is 0 Å². The van der Waals surface area contributed by atoms with E-state index in [0.29, 0.717) is 25.7 Å². The Labute approximate surface area is 192 Å². The largest absolute Gasteiger partial charge is 0.493 e. The third-order valence-corrected chi connectivity index (χ3v) is 4.73. The lowest BCUT2D eigenvalue weighted by Crippen LogP contribution is -2.13. The van der Waals surface area contributed by atoms with Crippen LogP contribution in [0.4, 0.5) is 0 Å². The number of nitrogens with one attached hydrogen (secondary N) is 1. The molecule has 0 heterocycles. The van der Waals surface area contributed by atoms with Crippen LogP contribution < -0.4 is 15.0 Å². The molecular formula is C24H37Cl2NO3. The average Bonchev–Trinajstić information content (AvgIpc) is 2.69. The van der Waals surface area contributed by atoms with Crippen LogP contribution in [0.2, 0.25) is 0 Å². The van der Waals surface area contributed by atoms with E-state index in [2.05, 4.69) is 39.3 Å². The summed E-state index contributed by atoms with van der Waals surface area (Å²) in [5.74, 6) is 2.32. The number of hydrogen-bond donors (Lipinski definition) is 1. The van der Waals surface area contributed by atoms with E-state index in [1.54, 1.807) is 6.08 Å². The standard InChI is InChI=1S/C24H37Cl2NO3/c1-6-20-16-22(28-14-11-23(25)26)17-21(7-2)24(20)29-12-9-8-10-13-30-27-19(5)15-18(3)4/h11,15-18,27H,6-10,12-14H2,1-5H3. The number of allylic oxidation sites excluding steroid dienone is 2. The Morgan fingerprint density at radius 1 is 1.00 bits per heavy atom. The molecule has 0 radical (unpaired) electrons. The van der Waals surface area contributed by atoms with Gasteiger partial charge in [-0.3, -0.25) is 10.3 Å². The number of halogens is 2. The molecular weight excluding hydrogens is 421 g/mol. The first kappa shape index (κ1) is 26.7. The number of hydroxylamine groups is 1. The van der Waals surface area contributed by atoms with Gasteiger partial charge in [0.2, 0.25) is 0 Å². The highest BCUT2D eigenvalue weighted by Gasteiger charge is 2.11. The molecule has 0 bridgehead atoms. The van der Waals surface area contributed by atoms with Gasteiger partial charge in [-0.05, 0) is 74.3 Å². The number of hydrogen-bond acceptors (Lipinski definition) is 4. The normalized spacial score (nSPS) is 11.5. The van der Waals surface area contributed by atoms with Crippen LogP contribution in [0.25, 0.3) is 0 Å². The maximum absolute atomic E-state index is 6.16. The molecule has 1 aromatic carbocycles. The van der Waals surface area contributed by atoms with Crippen molar-refractivity contribution >= 4 is 23.2 Å². The zero-order valence-electron chi connectivity index (χ0n) is 19.0. The maximum Gasteiger partial charge on any atom is 0.125 e. The average molecular weight is 458 g/mol. The van der Waals surface area contributed by atoms with Gasteiger partial charge in [0.15, 0.2) is 0 Å². The zero-order chi connectivity index (χ0) is 22.4. The van der Waals surface area contributed by atoms with Crippen molar-refractivity contribution in [1.29, 1.82) is 0 Å². The minimum Gasteiger partial charge on any atom is -0.493 e. The lowest BCUT2D eigenvalue weighted by molar-refractivity contribution is 0.0589. The Kier molecular flexibility index (Phi) is 13.7. The van der Waals surface area contributed by atoms with Crippen LogP contribution >= 0.6 is 23.2 Å². The van der Waals surface area contributed by atoms with Crippen molar-refractivity contribution in [3.05, 3.63) is 45.6 Å². The van der Waals surface area contributed by atoms with Gasteiger partial charge in [0.1, 0.15) is 22.6 Å². The number of unbranched alkanes of at least 4 members (excludes halogenated alkanes) is 2. The second kappa shape index (κ2) is 15.4. The van der Waals surface area contributed by atoms with Gasteiger partial charge < -0.3 is 9.47 Å². The van der Waals surface area contributed by atoms with Gasteiger partial charge in [0.05, 0.1) is 13.2 Å². The van der Waals surface area contributed by atoms with Crippen LogP contribution in [0.1, 0.15) is 65.0 Å². The Bertz CT molecular complexity index is 658. The van der Waals surface area contributed by atoms with E-state index >= 15 is 0 Å². The summed E-state index contributed by atoms with van der Waals surface area (Å²) in [6.07, 6.45) is 8.59. The summed E-state index contributed by atoms with van der Waals surface area (Å²) in [6.45, 7) is 12.3. The van der Waals surface area contributed by atoms with Gasteiger partial charge in [0.25, 0.3) is 0 Å². The zero-order valence-corrected chi connectivity index (χ0v) is 20.5. The molecule has 0 aliphatic rings. The molecule has 30 heavy (non-hydrogen) atoms. The predicted molar refractivity (Wildman–Crippen MR) is 128 cm³/mol. The van der Waals surface area contributed by atoms with E-state index in [1.807, 2.05) is 19.1 Å². The lowest BCUT2D eigenvalue weighted by Gasteiger charge is -2.17. The fraction of sp³-hybridized carbons (Fsp3) is 0.583. The second-order valence-corrected chi connectivity index (χ2v) is 8.54. The Morgan fingerprint density at radius 3 is 2.20 bits per heavy atom. The lowest BCUT2D eigenvalue weighted by atomic mass is 10.0. The van der Waals surface area contributed by atoms with E-state index in [4.69, 9.17) is 37.5 Å². The third kappa shape index (κ3) is 11.1. The molecule has 1 N–H and O–H groups in total. The van der Waals surface area contributed by atoms with Gasteiger partial charge in [-0.1, -0.05) is 57.0 Å². The molecule has 6 heteroatoms. The molecule has 0 saturated heterocycles. The van der Waals surface area contributed by atoms with Crippen LogP contribution in [-0.2, 0) is 17.7 Å². The Hall–Kier alpha value is -1.36. The summed E-state index contributed by atoms with van der Waals surface area (Å²) in [7, 11) is 0. The summed E-state index contributed by atoms with van der Waals surface area (Å²) < 4.78 is 12.1. The molecule has 0 fully saturated rings. The van der Waals surface area contributed by atoms with E-state index in [9.17, 15) is 0 Å². The Morgan fingerprint density at radius 2 is 1.63 bits per heavy atom. The molecule has 0 amide bonds. The van der Waals surface area contributed by atoms with E-state index in [0.717, 1.165) is 60.4 Å². The molecule has 170 valence electrons. The molecule has 0 saturated carbocycles. The van der Waals surface area contributed by atoms with Crippen molar-refractivity contribution < 1.29 is 14.3 Å². The van der Waals surface area contributed by atoms with Crippen molar-refractivity contribution in [2.24, 2.45) is 5.92 Å². The van der Waals surface area contributed by atoms with E-state index in [-0.39, 0.29) is 4.49 Å². The summed E-state index contributed by atoms with van der Waals surface area (Å²) in [5.41, 5.74) is 6.36. The second-order valence-electron chi connectivity index (χ2n) is 7.54. The van der Waals surface area contributed by atoms with Crippen LogP contribution in [0.5, 0.6) is 11.5 Å². The van der Waals surface area contributed by atoms with Crippen molar-refractivity contribution in [3.63, 3.8) is 0 Å². The van der Waals surface area contributed by atoms with Gasteiger partial charge in [-0.2, -0.15) is 0 Å². The molecule has 0 aliphatic carbocycles. The topological polar surface area (TPSA) is 39.7 Å². The van der Waals surface area contributed by atoms with E-state index < -0.39 is 0 Å². The molecule has 4 nitrogen and oxygen atoms in total. The maximum atomic E-state index is 6.16. The number of rotatable bonds is 15. The van der Waals surface area contributed by atoms with Gasteiger partial charge in [0, 0.05) is 5.70 Å². The van der Waals surface area contributed by atoms with Crippen LogP contribution in [0.15, 0.2) is 34.5 Å². The van der Waals surface area contributed by atoms with Crippen molar-refractivity contribution in [3.8, 4) is 11.5 Å². The van der Waals surface area contributed by atoms with Gasteiger partial charge in [-0.15, -0.1) is 0 Å². The fourth-order valence-corrected chi connectivity index (χ4v) is 3.17. The highest BCUT2D eigenvalue weighted by molar-refractivity contribution is 6.55. The molecule has 0 unspecified atom stereocenters. The fourth-order valence-electron chi connectivity index (χ4n) is 3.04. The molecule has 0 spiro atoms. The van der Waals surface area contributed by atoms with Crippen LogP contribution in [-0.4, -0.2) is 19.8 Å². The van der Waals surface area contributed by atoms with Crippen molar-refractivity contribution in [1.82, 2.24) is 5.48 Å². The quantitative estimate of drug-likeness (QED) is 0.224. The van der Waals surface area contributed by atoms with E-state index in [1.165, 1.54) is 0 Å². The summed E-state index contributed by atoms with van der Waals surface area (Å²) in [6, 6.07) is 4.08. The molecule has 0 atom stereocenters. The minimum absolute atomic E-state index is 0.213. The molecule has 1 rings (SSSR count). The third-order valence-electron chi connectivity index (χ3n) is 4.42. The first-order chi connectivity index (χ1) is 14.4. The number of aryl methyl sites for hydroxylation is 2. The Balaban J connectivity index is 2.44. The smallest absolute Gasteiger partial charge is 0.125 e. The highest BCUT2D eigenvalue weighted by atomic mass is 35.5. The minimum atomic E-state index is 0.213. The molecule has 0 aromatic heterocycles. The number of ether oxygens (including phenoxy) is 2. The highest BCUT2D eigenvalue weighted by Crippen LogP contribution is 2.31. The summed E-state index contributed by atoms with van der Waals surface area (Å²) in [5, 5.41) is 0. The monoisotopic (exact) mass is 457 g/mol. The molecule has 1 aromatic rings. The predicted octanol–water partition coefficient (Wildman–Crippen LogP) is 7.14.